The van der Waals surface area contributed by atoms with Crippen molar-refractivity contribution in [3.63, 3.8) is 0 Å². The number of ketones is 1. The van der Waals surface area contributed by atoms with Gasteiger partial charge in [0.25, 0.3) is 0 Å². The minimum atomic E-state index is -2.78. The normalized spacial score (nSPS) is 24.2. The standard InChI is InChI=1S/C7H9F2NO2/c1-5(11)6(4-10-12)2-7(8,9)3-6/h2-4H2,1H3. The Kier molecular flexibility index (Phi) is 1.97. The van der Waals surface area contributed by atoms with E-state index in [1.807, 2.05) is 0 Å². The van der Waals surface area contributed by atoms with Gasteiger partial charge in [0.2, 0.25) is 5.92 Å². The lowest BCUT2D eigenvalue weighted by Gasteiger charge is -2.43. The Bertz CT molecular complexity index is 219. The molecule has 0 saturated heterocycles. The Hall–Kier alpha value is -0.870. The van der Waals surface area contributed by atoms with Crippen molar-refractivity contribution >= 4 is 5.78 Å². The van der Waals surface area contributed by atoms with E-state index < -0.39 is 24.2 Å². The number of hydrogen-bond donors (Lipinski definition) is 0. The summed E-state index contributed by atoms with van der Waals surface area (Å²) in [5.74, 6) is -3.15. The first-order valence-corrected chi connectivity index (χ1v) is 3.60. The van der Waals surface area contributed by atoms with Crippen LogP contribution in [0.1, 0.15) is 19.8 Å². The molecule has 1 fully saturated rings. The first kappa shape index (κ1) is 9.22. The van der Waals surface area contributed by atoms with E-state index in [0.29, 0.717) is 0 Å². The minimum Gasteiger partial charge on any atom is -0.299 e. The number of nitrogens with zero attached hydrogens (tertiary/aromatic N) is 1. The van der Waals surface area contributed by atoms with Gasteiger partial charge in [-0.1, -0.05) is 5.18 Å². The molecule has 12 heavy (non-hydrogen) atoms. The van der Waals surface area contributed by atoms with Gasteiger partial charge in [-0.3, -0.25) is 4.79 Å². The molecular formula is C7H9F2NO2. The molecule has 68 valence electrons. The maximum Gasteiger partial charge on any atom is 0.250 e. The third-order valence-electron chi connectivity index (χ3n) is 2.31. The number of halogens is 2. The summed E-state index contributed by atoms with van der Waals surface area (Å²) < 4.78 is 24.8. The van der Waals surface area contributed by atoms with Gasteiger partial charge in [0.1, 0.15) is 5.78 Å². The van der Waals surface area contributed by atoms with Crippen LogP contribution in [-0.2, 0) is 4.79 Å². The predicted octanol–water partition coefficient (Wildman–Crippen LogP) is 1.76. The molecule has 1 saturated carbocycles. The van der Waals surface area contributed by atoms with E-state index in [2.05, 4.69) is 5.18 Å². The second-order valence-corrected chi connectivity index (χ2v) is 3.33. The average Bonchev–Trinajstić information content (AvgIpc) is 1.83. The number of alkyl halides is 2. The van der Waals surface area contributed by atoms with Crippen LogP contribution in [-0.4, -0.2) is 18.3 Å². The van der Waals surface area contributed by atoms with Crippen molar-refractivity contribution in [2.45, 2.75) is 25.7 Å². The van der Waals surface area contributed by atoms with Gasteiger partial charge in [0, 0.05) is 12.8 Å². The molecule has 1 rings (SSSR count). The third kappa shape index (κ3) is 1.35. The highest BCUT2D eigenvalue weighted by Gasteiger charge is 2.59. The minimum absolute atomic E-state index is 0.322. The summed E-state index contributed by atoms with van der Waals surface area (Å²) in [5, 5.41) is 2.51. The lowest BCUT2D eigenvalue weighted by atomic mass is 9.64. The first-order chi connectivity index (χ1) is 5.42. The summed E-state index contributed by atoms with van der Waals surface area (Å²) >= 11 is 0. The fourth-order valence-corrected chi connectivity index (χ4v) is 1.53. The topological polar surface area (TPSA) is 46.5 Å². The maximum absolute atomic E-state index is 12.4. The van der Waals surface area contributed by atoms with Gasteiger partial charge in [-0.05, 0) is 6.92 Å². The van der Waals surface area contributed by atoms with Crippen LogP contribution in [0.5, 0.6) is 0 Å². The predicted molar refractivity (Wildman–Crippen MR) is 38.0 cm³/mol. The Morgan fingerprint density at radius 1 is 1.50 bits per heavy atom. The van der Waals surface area contributed by atoms with Gasteiger partial charge < -0.3 is 0 Å². The van der Waals surface area contributed by atoms with Crippen LogP contribution in [0, 0.1) is 10.3 Å². The molecular weight excluding hydrogens is 168 g/mol. The van der Waals surface area contributed by atoms with Gasteiger partial charge >= 0.3 is 0 Å². The number of hydrogen-bond acceptors (Lipinski definition) is 3. The molecule has 0 amide bonds. The fourth-order valence-electron chi connectivity index (χ4n) is 1.53. The Labute approximate surface area is 68.1 Å². The van der Waals surface area contributed by atoms with Gasteiger partial charge in [-0.2, -0.15) is 4.91 Å². The number of rotatable bonds is 3. The molecule has 0 aliphatic heterocycles. The highest BCUT2D eigenvalue weighted by Crippen LogP contribution is 2.52. The number of carbonyl (C=O) groups excluding carboxylic acids is 1. The number of carbonyl (C=O) groups is 1. The number of Topliss-reactive ketones (excluding diaryl/α,β-unsaturated/α-hetero) is 1. The van der Waals surface area contributed by atoms with E-state index in [1.54, 1.807) is 0 Å². The van der Waals surface area contributed by atoms with E-state index >= 15 is 0 Å². The third-order valence-corrected chi connectivity index (χ3v) is 2.31. The van der Waals surface area contributed by atoms with Crippen molar-refractivity contribution < 1.29 is 13.6 Å². The largest absolute Gasteiger partial charge is 0.299 e. The van der Waals surface area contributed by atoms with Gasteiger partial charge in [0.15, 0.2) is 0 Å². The summed E-state index contributed by atoms with van der Waals surface area (Å²) in [6, 6.07) is 0. The van der Waals surface area contributed by atoms with E-state index in [0.717, 1.165) is 0 Å². The molecule has 1 aliphatic rings. The van der Waals surface area contributed by atoms with Crippen molar-refractivity contribution in [1.29, 1.82) is 0 Å². The number of nitroso groups, excluding NO2 is 1. The van der Waals surface area contributed by atoms with Gasteiger partial charge in [-0.25, -0.2) is 8.78 Å². The fraction of sp³-hybridized carbons (Fsp3) is 0.857. The van der Waals surface area contributed by atoms with Crippen molar-refractivity contribution in [3.8, 4) is 0 Å². The quantitative estimate of drug-likeness (QED) is 0.616. The molecule has 0 aromatic rings. The van der Waals surface area contributed by atoms with Crippen LogP contribution >= 0.6 is 0 Å². The zero-order valence-corrected chi connectivity index (χ0v) is 6.64. The van der Waals surface area contributed by atoms with Crippen molar-refractivity contribution in [3.05, 3.63) is 4.91 Å². The highest BCUT2D eigenvalue weighted by molar-refractivity contribution is 5.84. The second-order valence-electron chi connectivity index (χ2n) is 3.33. The van der Waals surface area contributed by atoms with E-state index in [-0.39, 0.29) is 12.3 Å². The lowest BCUT2D eigenvalue weighted by molar-refractivity contribution is -0.172. The van der Waals surface area contributed by atoms with Crippen LogP contribution in [0.15, 0.2) is 5.18 Å². The Morgan fingerprint density at radius 3 is 2.25 bits per heavy atom. The van der Waals surface area contributed by atoms with Gasteiger partial charge in [0.05, 0.1) is 12.0 Å². The summed E-state index contributed by atoms with van der Waals surface area (Å²) in [4.78, 5) is 20.8. The SMILES string of the molecule is CC(=O)C1(CN=O)CC(F)(F)C1. The first-order valence-electron chi connectivity index (χ1n) is 3.60. The molecule has 0 radical (unpaired) electrons. The van der Waals surface area contributed by atoms with Crippen LogP contribution in [0.2, 0.25) is 0 Å². The van der Waals surface area contributed by atoms with Crippen molar-refractivity contribution in [2.24, 2.45) is 10.6 Å². The smallest absolute Gasteiger partial charge is 0.250 e. The molecule has 0 spiro atoms. The van der Waals surface area contributed by atoms with E-state index in [9.17, 15) is 18.5 Å². The summed E-state index contributed by atoms with van der Waals surface area (Å²) in [6.45, 7) is 0.901. The summed E-state index contributed by atoms with van der Waals surface area (Å²) in [6.07, 6.45) is -1.05. The van der Waals surface area contributed by atoms with Gasteiger partial charge in [-0.15, -0.1) is 0 Å². The van der Waals surface area contributed by atoms with Crippen LogP contribution in [0.25, 0.3) is 0 Å². The Balaban J connectivity index is 2.68. The zero-order valence-electron chi connectivity index (χ0n) is 6.64. The van der Waals surface area contributed by atoms with Crippen LogP contribution < -0.4 is 0 Å². The molecule has 0 N–H and O–H groups in total. The van der Waals surface area contributed by atoms with E-state index in [1.165, 1.54) is 6.92 Å². The van der Waals surface area contributed by atoms with E-state index in [4.69, 9.17) is 0 Å². The molecule has 5 heteroatoms. The van der Waals surface area contributed by atoms with Crippen molar-refractivity contribution in [1.82, 2.24) is 0 Å². The molecule has 0 heterocycles. The average molecular weight is 177 g/mol. The molecule has 1 aliphatic carbocycles. The maximum atomic E-state index is 12.4. The molecule has 0 atom stereocenters. The molecule has 3 nitrogen and oxygen atoms in total. The molecule has 0 unspecified atom stereocenters. The van der Waals surface area contributed by atoms with Crippen molar-refractivity contribution in [2.75, 3.05) is 6.54 Å². The van der Waals surface area contributed by atoms with Crippen LogP contribution in [0.4, 0.5) is 8.78 Å². The second kappa shape index (κ2) is 2.57. The van der Waals surface area contributed by atoms with Crippen LogP contribution in [0.3, 0.4) is 0 Å². The molecule has 0 bridgehead atoms. The summed E-state index contributed by atoms with van der Waals surface area (Å²) in [7, 11) is 0. The molecule has 0 aromatic heterocycles. The highest BCUT2D eigenvalue weighted by atomic mass is 19.3. The lowest BCUT2D eigenvalue weighted by Crippen LogP contribution is -2.52. The summed E-state index contributed by atoms with van der Waals surface area (Å²) in [5.41, 5.74) is -1.16. The molecule has 0 aromatic carbocycles. The Morgan fingerprint density at radius 2 is 2.00 bits per heavy atom. The monoisotopic (exact) mass is 177 g/mol. The zero-order chi connectivity index (χ0) is 9.41.